The standard InChI is InChI=1S/C23H21N3O5/c1-30-20-10-5-16(13-21(20)31-2)22(28)26-19(12-15-4-3-11-24-14-15)23(29)25-17-6-8-18(27)9-7-17/h3-14,27H,1-2H3,(H,25,29)(H,26,28). The van der Waals surface area contributed by atoms with E-state index in [1.54, 1.807) is 48.8 Å². The molecule has 8 nitrogen and oxygen atoms in total. The van der Waals surface area contributed by atoms with Gasteiger partial charge in [-0.2, -0.15) is 0 Å². The Bertz CT molecular complexity index is 1100. The molecule has 8 heteroatoms. The lowest BCUT2D eigenvalue weighted by molar-refractivity contribution is -0.113. The van der Waals surface area contributed by atoms with Gasteiger partial charge in [-0.25, -0.2) is 0 Å². The SMILES string of the molecule is COc1ccc(C(=O)NC(=Cc2cccnc2)C(=O)Nc2ccc(O)cc2)cc1OC. The van der Waals surface area contributed by atoms with Crippen molar-refractivity contribution in [2.45, 2.75) is 0 Å². The summed E-state index contributed by atoms with van der Waals surface area (Å²) < 4.78 is 10.4. The molecule has 0 atom stereocenters. The van der Waals surface area contributed by atoms with E-state index >= 15 is 0 Å². The zero-order valence-corrected chi connectivity index (χ0v) is 17.0. The van der Waals surface area contributed by atoms with Crippen LogP contribution in [0, 0.1) is 0 Å². The number of rotatable bonds is 7. The second-order valence-electron chi connectivity index (χ2n) is 6.37. The summed E-state index contributed by atoms with van der Waals surface area (Å²) in [6.45, 7) is 0. The number of benzene rings is 2. The molecule has 0 unspecified atom stereocenters. The number of phenolic OH excluding ortho intramolecular Hbond substituents is 1. The van der Waals surface area contributed by atoms with Crippen LogP contribution >= 0.6 is 0 Å². The Kier molecular flexibility index (Phi) is 6.85. The Morgan fingerprint density at radius 2 is 1.74 bits per heavy atom. The van der Waals surface area contributed by atoms with Gasteiger partial charge in [0.05, 0.1) is 14.2 Å². The molecule has 0 radical (unpaired) electrons. The van der Waals surface area contributed by atoms with Gasteiger partial charge in [-0.15, -0.1) is 0 Å². The summed E-state index contributed by atoms with van der Waals surface area (Å²) in [6.07, 6.45) is 4.69. The molecule has 0 fully saturated rings. The van der Waals surface area contributed by atoms with Crippen molar-refractivity contribution in [2.24, 2.45) is 0 Å². The molecule has 1 heterocycles. The molecule has 0 bridgehead atoms. The van der Waals surface area contributed by atoms with Gasteiger partial charge in [0.25, 0.3) is 11.8 Å². The van der Waals surface area contributed by atoms with Gasteiger partial charge in [0.1, 0.15) is 11.4 Å². The third-order valence-corrected chi connectivity index (χ3v) is 4.26. The molecule has 0 spiro atoms. The van der Waals surface area contributed by atoms with Crippen molar-refractivity contribution >= 4 is 23.6 Å². The summed E-state index contributed by atoms with van der Waals surface area (Å²) in [7, 11) is 2.97. The summed E-state index contributed by atoms with van der Waals surface area (Å²) in [5.41, 5.74) is 1.39. The third kappa shape index (κ3) is 5.60. The molecule has 3 N–H and O–H groups in total. The van der Waals surface area contributed by atoms with E-state index in [1.807, 2.05) is 0 Å². The van der Waals surface area contributed by atoms with E-state index in [-0.39, 0.29) is 17.0 Å². The topological polar surface area (TPSA) is 110 Å². The Hall–Kier alpha value is -4.33. The number of carbonyl (C=O) groups excluding carboxylic acids is 2. The molecule has 3 aromatic rings. The van der Waals surface area contributed by atoms with Gasteiger partial charge in [-0.1, -0.05) is 6.07 Å². The highest BCUT2D eigenvalue weighted by Crippen LogP contribution is 2.27. The molecule has 2 amide bonds. The normalized spacial score (nSPS) is 10.8. The molecule has 158 valence electrons. The van der Waals surface area contributed by atoms with Crippen molar-refractivity contribution in [3.8, 4) is 17.2 Å². The number of nitrogens with zero attached hydrogens (tertiary/aromatic N) is 1. The molecule has 0 aliphatic heterocycles. The van der Waals surface area contributed by atoms with Crippen LogP contribution in [0.2, 0.25) is 0 Å². The van der Waals surface area contributed by atoms with Gasteiger partial charge < -0.3 is 25.2 Å². The zero-order chi connectivity index (χ0) is 22.2. The van der Waals surface area contributed by atoms with Crippen LogP contribution in [0.3, 0.4) is 0 Å². The monoisotopic (exact) mass is 419 g/mol. The molecule has 3 rings (SSSR count). The fourth-order valence-electron chi connectivity index (χ4n) is 2.70. The summed E-state index contributed by atoms with van der Waals surface area (Å²) in [4.78, 5) is 29.7. The fraction of sp³-hybridized carbons (Fsp3) is 0.0870. The highest BCUT2D eigenvalue weighted by Gasteiger charge is 2.17. The molecule has 31 heavy (non-hydrogen) atoms. The number of phenols is 1. The van der Waals surface area contributed by atoms with E-state index in [0.717, 1.165) is 0 Å². The third-order valence-electron chi connectivity index (χ3n) is 4.26. The number of carbonyl (C=O) groups is 2. The van der Waals surface area contributed by atoms with E-state index in [4.69, 9.17) is 9.47 Å². The molecule has 0 saturated carbocycles. The highest BCUT2D eigenvalue weighted by molar-refractivity contribution is 6.10. The van der Waals surface area contributed by atoms with Gasteiger partial charge in [0.15, 0.2) is 11.5 Å². The Morgan fingerprint density at radius 1 is 1.00 bits per heavy atom. The van der Waals surface area contributed by atoms with Crippen LogP contribution in [-0.4, -0.2) is 36.1 Å². The van der Waals surface area contributed by atoms with Crippen molar-refractivity contribution in [1.82, 2.24) is 10.3 Å². The molecule has 0 saturated heterocycles. The van der Waals surface area contributed by atoms with Gasteiger partial charge >= 0.3 is 0 Å². The largest absolute Gasteiger partial charge is 0.508 e. The fourth-order valence-corrected chi connectivity index (χ4v) is 2.70. The number of nitrogens with one attached hydrogen (secondary N) is 2. The zero-order valence-electron chi connectivity index (χ0n) is 17.0. The predicted molar refractivity (Wildman–Crippen MR) is 116 cm³/mol. The highest BCUT2D eigenvalue weighted by atomic mass is 16.5. The number of aromatic nitrogens is 1. The van der Waals surface area contributed by atoms with E-state index < -0.39 is 11.8 Å². The van der Waals surface area contributed by atoms with E-state index in [0.29, 0.717) is 22.7 Å². The van der Waals surface area contributed by atoms with Crippen LogP contribution in [0.5, 0.6) is 17.2 Å². The minimum atomic E-state index is -0.539. The number of anilines is 1. The van der Waals surface area contributed by atoms with Crippen molar-refractivity contribution in [1.29, 1.82) is 0 Å². The van der Waals surface area contributed by atoms with E-state index in [1.165, 1.54) is 38.5 Å². The second kappa shape index (κ2) is 9.93. The maximum atomic E-state index is 12.9. The van der Waals surface area contributed by atoms with Crippen LogP contribution in [0.25, 0.3) is 6.08 Å². The Labute approximate surface area is 179 Å². The number of amides is 2. The maximum Gasteiger partial charge on any atom is 0.272 e. The van der Waals surface area contributed by atoms with Crippen LogP contribution < -0.4 is 20.1 Å². The number of methoxy groups -OCH3 is 2. The second-order valence-corrected chi connectivity index (χ2v) is 6.37. The number of hydrogen-bond donors (Lipinski definition) is 3. The van der Waals surface area contributed by atoms with E-state index in [2.05, 4.69) is 15.6 Å². The van der Waals surface area contributed by atoms with Crippen molar-refractivity contribution in [3.05, 3.63) is 83.8 Å². The van der Waals surface area contributed by atoms with Crippen LogP contribution in [0.15, 0.2) is 72.7 Å². The first kappa shape index (κ1) is 21.4. The lowest BCUT2D eigenvalue weighted by Gasteiger charge is -2.13. The smallest absolute Gasteiger partial charge is 0.272 e. The molecule has 2 aromatic carbocycles. The summed E-state index contributed by atoms with van der Waals surface area (Å²) in [5, 5.41) is 14.7. The lowest BCUT2D eigenvalue weighted by Crippen LogP contribution is -2.30. The average Bonchev–Trinajstić information content (AvgIpc) is 2.80. The predicted octanol–water partition coefficient (Wildman–Crippen LogP) is 3.21. The van der Waals surface area contributed by atoms with Gasteiger partial charge in [0, 0.05) is 23.6 Å². The van der Waals surface area contributed by atoms with Crippen LogP contribution in [0.1, 0.15) is 15.9 Å². The molecular formula is C23H21N3O5. The van der Waals surface area contributed by atoms with Crippen molar-refractivity contribution < 1.29 is 24.2 Å². The molecule has 0 aliphatic carbocycles. The maximum absolute atomic E-state index is 12.9. The average molecular weight is 419 g/mol. The van der Waals surface area contributed by atoms with E-state index in [9.17, 15) is 14.7 Å². The van der Waals surface area contributed by atoms with Gasteiger partial charge in [-0.3, -0.25) is 14.6 Å². The Morgan fingerprint density at radius 3 is 2.39 bits per heavy atom. The van der Waals surface area contributed by atoms with Crippen molar-refractivity contribution in [3.63, 3.8) is 0 Å². The van der Waals surface area contributed by atoms with Gasteiger partial charge in [0.2, 0.25) is 0 Å². The number of ether oxygens (including phenoxy) is 2. The lowest BCUT2D eigenvalue weighted by atomic mass is 10.1. The minimum absolute atomic E-state index is 0.0147. The molecule has 1 aromatic heterocycles. The molecular weight excluding hydrogens is 398 g/mol. The summed E-state index contributed by atoms with van der Waals surface area (Å²) >= 11 is 0. The van der Waals surface area contributed by atoms with Crippen LogP contribution in [-0.2, 0) is 4.79 Å². The number of hydrogen-bond acceptors (Lipinski definition) is 6. The first-order chi connectivity index (χ1) is 15.0. The number of aromatic hydroxyl groups is 1. The van der Waals surface area contributed by atoms with Crippen LogP contribution in [0.4, 0.5) is 5.69 Å². The molecule has 0 aliphatic rings. The first-order valence-electron chi connectivity index (χ1n) is 9.25. The summed E-state index contributed by atoms with van der Waals surface area (Å²) in [5.74, 6) is -0.0945. The van der Waals surface area contributed by atoms with Gasteiger partial charge in [-0.05, 0) is 60.2 Å². The Balaban J connectivity index is 1.87. The quantitative estimate of drug-likeness (QED) is 0.401. The summed E-state index contributed by atoms with van der Waals surface area (Å²) in [6, 6.07) is 14.2. The number of pyridine rings is 1. The van der Waals surface area contributed by atoms with Crippen molar-refractivity contribution in [2.75, 3.05) is 19.5 Å². The first-order valence-corrected chi connectivity index (χ1v) is 9.25. The minimum Gasteiger partial charge on any atom is -0.508 e.